The third kappa shape index (κ3) is 3.88. The molecule has 1 N–H and O–H groups in total. The fourth-order valence-electron chi connectivity index (χ4n) is 5.39. The van der Waals surface area contributed by atoms with Gasteiger partial charge in [0.05, 0.1) is 25.4 Å². The number of thiophene rings is 1. The number of carbonyl (C=O) groups is 1. The van der Waals surface area contributed by atoms with Gasteiger partial charge in [0.1, 0.15) is 10.8 Å². The number of fused-ring (bicyclic) bond motifs is 5. The summed E-state index contributed by atoms with van der Waals surface area (Å²) in [5.41, 5.74) is 6.71. The lowest BCUT2D eigenvalue weighted by atomic mass is 10.00. The Hall–Kier alpha value is -3.55. The zero-order chi connectivity index (χ0) is 24.8. The number of anilines is 1. The van der Waals surface area contributed by atoms with Crippen LogP contribution < -0.4 is 10.1 Å². The van der Waals surface area contributed by atoms with Gasteiger partial charge >= 0.3 is 6.03 Å². The quantitative estimate of drug-likeness (QED) is 0.378. The van der Waals surface area contributed by atoms with Crippen LogP contribution in [0.5, 0.6) is 5.75 Å². The molecule has 4 aromatic rings. The number of aryl methyl sites for hydroxylation is 1. The van der Waals surface area contributed by atoms with Gasteiger partial charge in [-0.2, -0.15) is 0 Å². The van der Waals surface area contributed by atoms with Crippen molar-refractivity contribution in [1.29, 1.82) is 0 Å². The maximum absolute atomic E-state index is 14.0. The number of para-hydroxylation sites is 1. The molecule has 1 atom stereocenters. The van der Waals surface area contributed by atoms with Crippen LogP contribution in [0.25, 0.3) is 5.00 Å². The lowest BCUT2D eigenvalue weighted by Crippen LogP contribution is -2.38. The molecule has 36 heavy (non-hydrogen) atoms. The number of methoxy groups -OCH3 is 1. The first-order valence-electron chi connectivity index (χ1n) is 12.3. The number of urea groups is 1. The number of aromatic nitrogens is 1. The highest BCUT2D eigenvalue weighted by Crippen LogP contribution is 2.43. The van der Waals surface area contributed by atoms with E-state index < -0.39 is 0 Å². The summed E-state index contributed by atoms with van der Waals surface area (Å²) >= 11 is 1.87. The molecule has 0 fully saturated rings. The van der Waals surface area contributed by atoms with Gasteiger partial charge in [0.25, 0.3) is 0 Å². The van der Waals surface area contributed by atoms with Crippen molar-refractivity contribution in [1.82, 2.24) is 14.4 Å². The molecule has 7 heteroatoms. The number of rotatable bonds is 3. The molecule has 0 aliphatic carbocycles. The normalized spacial score (nSPS) is 17.1. The van der Waals surface area contributed by atoms with Crippen molar-refractivity contribution in [2.45, 2.75) is 32.5 Å². The molecule has 4 heterocycles. The maximum Gasteiger partial charge on any atom is 0.322 e. The van der Waals surface area contributed by atoms with Crippen molar-refractivity contribution in [2.75, 3.05) is 26.0 Å². The van der Waals surface area contributed by atoms with E-state index in [0.717, 1.165) is 47.8 Å². The first-order valence-corrected chi connectivity index (χ1v) is 13.1. The molecule has 2 aromatic heterocycles. The Labute approximate surface area is 215 Å². The SMILES string of the molecule is COc1ccc(C2c3cccn3-c3sc4c(c3CN2C(=O)Nc2ccccc2C)CCN(C)C4)cc1. The first-order chi connectivity index (χ1) is 17.5. The fourth-order valence-corrected chi connectivity index (χ4v) is 6.83. The van der Waals surface area contributed by atoms with Gasteiger partial charge in [-0.05, 0) is 67.4 Å². The van der Waals surface area contributed by atoms with Crippen molar-refractivity contribution < 1.29 is 9.53 Å². The van der Waals surface area contributed by atoms with Gasteiger partial charge in [0, 0.05) is 35.4 Å². The summed E-state index contributed by atoms with van der Waals surface area (Å²) in [5, 5.41) is 4.45. The topological polar surface area (TPSA) is 49.7 Å². The molecule has 0 saturated carbocycles. The van der Waals surface area contributed by atoms with Crippen LogP contribution in [0, 0.1) is 6.92 Å². The number of carbonyl (C=O) groups excluding carboxylic acids is 1. The number of nitrogens with one attached hydrogen (secondary N) is 1. The smallest absolute Gasteiger partial charge is 0.322 e. The summed E-state index contributed by atoms with van der Waals surface area (Å²) in [4.78, 5) is 19.8. The average molecular weight is 499 g/mol. The van der Waals surface area contributed by atoms with Crippen molar-refractivity contribution in [2.24, 2.45) is 0 Å². The molecule has 1 unspecified atom stereocenters. The van der Waals surface area contributed by atoms with Gasteiger partial charge in [0.15, 0.2) is 0 Å². The molecule has 0 radical (unpaired) electrons. The number of likely N-dealkylation sites (N-methyl/N-ethyl adjacent to an activating group) is 1. The third-order valence-electron chi connectivity index (χ3n) is 7.33. The summed E-state index contributed by atoms with van der Waals surface area (Å²) in [6.07, 6.45) is 3.15. The first kappa shape index (κ1) is 22.9. The Balaban J connectivity index is 1.49. The molecule has 6 rings (SSSR count). The largest absolute Gasteiger partial charge is 0.497 e. The molecule has 6 nitrogen and oxygen atoms in total. The molecule has 0 saturated heterocycles. The summed E-state index contributed by atoms with van der Waals surface area (Å²) in [5.74, 6) is 0.802. The molecule has 2 amide bonds. The molecule has 2 aromatic carbocycles. The minimum Gasteiger partial charge on any atom is -0.497 e. The van der Waals surface area contributed by atoms with Crippen LogP contribution in [0.1, 0.15) is 38.9 Å². The van der Waals surface area contributed by atoms with Gasteiger partial charge in [-0.25, -0.2) is 4.79 Å². The van der Waals surface area contributed by atoms with Crippen LogP contribution >= 0.6 is 11.3 Å². The Morgan fingerprint density at radius 3 is 2.61 bits per heavy atom. The van der Waals surface area contributed by atoms with E-state index in [9.17, 15) is 4.79 Å². The van der Waals surface area contributed by atoms with Gasteiger partial charge in [-0.3, -0.25) is 0 Å². The van der Waals surface area contributed by atoms with E-state index in [4.69, 9.17) is 4.74 Å². The van der Waals surface area contributed by atoms with Crippen LogP contribution in [-0.2, 0) is 19.5 Å². The van der Waals surface area contributed by atoms with Gasteiger partial charge in [0.2, 0.25) is 0 Å². The Kier molecular flexibility index (Phi) is 5.82. The van der Waals surface area contributed by atoms with Crippen molar-refractivity contribution >= 4 is 23.1 Å². The van der Waals surface area contributed by atoms with E-state index in [0.29, 0.717) is 6.54 Å². The van der Waals surface area contributed by atoms with Gasteiger partial charge in [-0.15, -0.1) is 11.3 Å². The highest BCUT2D eigenvalue weighted by molar-refractivity contribution is 7.15. The lowest BCUT2D eigenvalue weighted by molar-refractivity contribution is 0.194. The Bertz CT molecular complexity index is 1420. The highest BCUT2D eigenvalue weighted by Gasteiger charge is 2.36. The predicted octanol–water partition coefficient (Wildman–Crippen LogP) is 5.98. The Morgan fingerprint density at radius 2 is 1.83 bits per heavy atom. The second kappa shape index (κ2) is 9.15. The molecule has 0 bridgehead atoms. The maximum atomic E-state index is 14.0. The number of hydrogen-bond donors (Lipinski definition) is 1. The van der Waals surface area contributed by atoms with E-state index in [1.807, 2.05) is 59.6 Å². The molecule has 2 aliphatic heterocycles. The molecule has 2 aliphatic rings. The van der Waals surface area contributed by atoms with Crippen LogP contribution in [-0.4, -0.2) is 41.1 Å². The van der Waals surface area contributed by atoms with E-state index in [-0.39, 0.29) is 12.1 Å². The minimum absolute atomic E-state index is 0.0985. The number of nitrogens with zero attached hydrogens (tertiary/aromatic N) is 3. The molecule has 0 spiro atoms. The van der Waals surface area contributed by atoms with Crippen molar-refractivity contribution in [3.63, 3.8) is 0 Å². The summed E-state index contributed by atoms with van der Waals surface area (Å²) < 4.78 is 7.71. The predicted molar refractivity (Wildman–Crippen MR) is 144 cm³/mol. The number of ether oxygens (including phenoxy) is 1. The van der Waals surface area contributed by atoms with Crippen LogP contribution in [0.3, 0.4) is 0 Å². The van der Waals surface area contributed by atoms with Gasteiger partial charge in [-0.1, -0.05) is 30.3 Å². The Morgan fingerprint density at radius 1 is 1.03 bits per heavy atom. The summed E-state index contributed by atoms with van der Waals surface area (Å²) in [7, 11) is 3.85. The standard InChI is InChI=1S/C29H30N4O2S/c1-19-7-4-5-8-24(19)30-29(34)33-17-23-22-14-16-31(2)18-26(22)36-28(23)32-15-6-9-25(32)27(33)20-10-12-21(35-3)13-11-20/h4-13,15,27H,14,16-18H2,1-3H3,(H,30,34). The van der Waals surface area contributed by atoms with E-state index in [1.54, 1.807) is 7.11 Å². The van der Waals surface area contributed by atoms with Crippen LogP contribution in [0.2, 0.25) is 0 Å². The summed E-state index contributed by atoms with van der Waals surface area (Å²) in [6.45, 7) is 4.57. The van der Waals surface area contributed by atoms with E-state index >= 15 is 0 Å². The molecular formula is C29H30N4O2S. The zero-order valence-corrected chi connectivity index (χ0v) is 21.6. The minimum atomic E-state index is -0.239. The monoisotopic (exact) mass is 498 g/mol. The van der Waals surface area contributed by atoms with Crippen molar-refractivity contribution in [3.8, 4) is 10.8 Å². The van der Waals surface area contributed by atoms with Gasteiger partial charge < -0.3 is 24.4 Å². The second-order valence-electron chi connectivity index (χ2n) is 9.63. The number of amides is 2. The zero-order valence-electron chi connectivity index (χ0n) is 20.8. The lowest BCUT2D eigenvalue weighted by Gasteiger charge is -2.32. The average Bonchev–Trinajstić information content (AvgIpc) is 3.47. The fraction of sp³-hybridized carbons (Fsp3) is 0.276. The van der Waals surface area contributed by atoms with Crippen molar-refractivity contribution in [3.05, 3.63) is 99.7 Å². The van der Waals surface area contributed by atoms with E-state index in [2.05, 4.69) is 52.3 Å². The molecule has 184 valence electrons. The molecular weight excluding hydrogens is 468 g/mol. The van der Waals surface area contributed by atoms with Crippen LogP contribution in [0.15, 0.2) is 66.9 Å². The highest BCUT2D eigenvalue weighted by atomic mass is 32.1. The second-order valence-corrected chi connectivity index (χ2v) is 10.7. The summed E-state index contributed by atoms with van der Waals surface area (Å²) in [6, 6.07) is 19.9. The van der Waals surface area contributed by atoms with E-state index in [1.165, 1.54) is 21.0 Å². The van der Waals surface area contributed by atoms with Crippen LogP contribution in [0.4, 0.5) is 10.5 Å². The number of hydrogen-bond acceptors (Lipinski definition) is 4. The third-order valence-corrected chi connectivity index (χ3v) is 8.59. The number of benzene rings is 2.